The molecule has 2 aromatic carbocycles. The van der Waals surface area contributed by atoms with Crippen molar-refractivity contribution < 1.29 is 14.3 Å². The molecule has 5 nitrogen and oxygen atoms in total. The van der Waals surface area contributed by atoms with Gasteiger partial charge in [-0.1, -0.05) is 18.2 Å². The third-order valence-corrected chi connectivity index (χ3v) is 4.57. The van der Waals surface area contributed by atoms with Gasteiger partial charge >= 0.3 is 0 Å². The number of hydrogen-bond acceptors (Lipinski definition) is 3. The molecule has 2 aromatic rings. The number of carbonyl (C=O) groups excluding carboxylic acids is 2. The average Bonchev–Trinajstić information content (AvgIpc) is 2.98. The van der Waals surface area contributed by atoms with E-state index in [4.69, 9.17) is 10.5 Å². The molecule has 0 spiro atoms. The zero-order valence-corrected chi connectivity index (χ0v) is 14.5. The molecule has 5 heteroatoms. The molecule has 0 aliphatic carbocycles. The molecule has 1 aliphatic heterocycles. The van der Waals surface area contributed by atoms with Crippen LogP contribution in [0.15, 0.2) is 36.4 Å². The summed E-state index contributed by atoms with van der Waals surface area (Å²) in [7, 11) is 0. The molecule has 0 bridgehead atoms. The highest BCUT2D eigenvalue weighted by atomic mass is 16.5. The molecule has 0 unspecified atom stereocenters. The van der Waals surface area contributed by atoms with E-state index < -0.39 is 12.0 Å². The van der Waals surface area contributed by atoms with E-state index in [1.54, 1.807) is 18.2 Å². The Bertz CT molecular complexity index is 799. The van der Waals surface area contributed by atoms with E-state index in [0.29, 0.717) is 24.9 Å². The summed E-state index contributed by atoms with van der Waals surface area (Å²) in [5.74, 6) is 0.239. The van der Waals surface area contributed by atoms with Crippen molar-refractivity contribution >= 4 is 11.8 Å². The second-order valence-electron chi connectivity index (χ2n) is 6.46. The quantitative estimate of drug-likeness (QED) is 0.875. The summed E-state index contributed by atoms with van der Waals surface area (Å²) in [6.45, 7) is 4.57. The summed E-state index contributed by atoms with van der Waals surface area (Å²) in [5.41, 5.74) is 10.2. The minimum absolute atomic E-state index is 0.113. The van der Waals surface area contributed by atoms with E-state index in [2.05, 4.69) is 18.3 Å². The van der Waals surface area contributed by atoms with E-state index in [9.17, 15) is 9.59 Å². The molecular weight excluding hydrogens is 316 g/mol. The highest BCUT2D eigenvalue weighted by Crippen LogP contribution is 2.31. The van der Waals surface area contributed by atoms with E-state index in [1.165, 1.54) is 5.56 Å². The van der Waals surface area contributed by atoms with E-state index in [0.717, 1.165) is 22.4 Å². The van der Waals surface area contributed by atoms with Crippen molar-refractivity contribution in [1.29, 1.82) is 0 Å². The lowest BCUT2D eigenvalue weighted by Crippen LogP contribution is -2.38. The molecule has 0 radical (unpaired) electrons. The molecule has 130 valence electrons. The molecule has 25 heavy (non-hydrogen) atoms. The number of ether oxygens (including phenoxy) is 1. The van der Waals surface area contributed by atoms with E-state index in [1.807, 2.05) is 19.1 Å². The minimum atomic E-state index is -0.479. The molecule has 0 saturated carbocycles. The van der Waals surface area contributed by atoms with Crippen molar-refractivity contribution in [2.45, 2.75) is 32.8 Å². The van der Waals surface area contributed by atoms with Gasteiger partial charge in [-0.2, -0.15) is 0 Å². The molecule has 1 aliphatic rings. The number of nitrogens with two attached hydrogens (primary N) is 1. The Hall–Kier alpha value is -2.82. The van der Waals surface area contributed by atoms with Gasteiger partial charge in [0.1, 0.15) is 5.75 Å². The number of aryl methyl sites for hydroxylation is 2. The maximum atomic E-state index is 12.3. The number of nitrogens with one attached hydrogen (secondary N) is 1. The summed E-state index contributed by atoms with van der Waals surface area (Å²) < 4.78 is 5.78. The van der Waals surface area contributed by atoms with Crippen LogP contribution in [-0.2, 0) is 17.6 Å². The second kappa shape index (κ2) is 6.97. The first-order valence-corrected chi connectivity index (χ1v) is 8.37. The Labute approximate surface area is 147 Å². The normalized spacial score (nSPS) is 15.4. The number of carbonyl (C=O) groups is 2. The molecule has 0 saturated heterocycles. The SMILES string of the molecule is Cc1cc2c(cc1C)O[C@H](C(=O)NCCc1cccc(C(N)=O)c1)C2. The first-order valence-electron chi connectivity index (χ1n) is 8.37. The van der Waals surface area contributed by atoms with Crippen molar-refractivity contribution in [2.75, 3.05) is 6.54 Å². The summed E-state index contributed by atoms with van der Waals surface area (Å²) in [4.78, 5) is 23.5. The van der Waals surface area contributed by atoms with Crippen molar-refractivity contribution in [1.82, 2.24) is 5.32 Å². The Kier molecular flexibility index (Phi) is 4.74. The van der Waals surface area contributed by atoms with Crippen LogP contribution in [0.3, 0.4) is 0 Å². The van der Waals surface area contributed by atoms with Crippen LogP contribution in [0.1, 0.15) is 32.6 Å². The second-order valence-corrected chi connectivity index (χ2v) is 6.46. The molecule has 1 atom stereocenters. The molecule has 3 rings (SSSR count). The minimum Gasteiger partial charge on any atom is -0.480 e. The zero-order chi connectivity index (χ0) is 18.0. The van der Waals surface area contributed by atoms with Crippen LogP contribution in [0, 0.1) is 13.8 Å². The molecule has 3 N–H and O–H groups in total. The molecular formula is C20H22N2O3. The summed E-state index contributed by atoms with van der Waals surface area (Å²) in [6, 6.07) is 11.2. The predicted molar refractivity (Wildman–Crippen MR) is 95.7 cm³/mol. The van der Waals surface area contributed by atoms with Crippen molar-refractivity contribution in [2.24, 2.45) is 5.73 Å². The number of primary amides is 1. The average molecular weight is 338 g/mol. The molecule has 0 fully saturated rings. The highest BCUT2D eigenvalue weighted by molar-refractivity contribution is 5.92. The monoisotopic (exact) mass is 338 g/mol. The Morgan fingerprint density at radius 3 is 2.72 bits per heavy atom. The third kappa shape index (κ3) is 3.82. The fourth-order valence-corrected chi connectivity index (χ4v) is 2.98. The van der Waals surface area contributed by atoms with Crippen LogP contribution >= 0.6 is 0 Å². The van der Waals surface area contributed by atoms with Crippen LogP contribution in [0.2, 0.25) is 0 Å². The van der Waals surface area contributed by atoms with Gasteiger partial charge in [-0.3, -0.25) is 9.59 Å². The third-order valence-electron chi connectivity index (χ3n) is 4.57. The molecule has 0 aromatic heterocycles. The molecule has 2 amide bonds. The number of fused-ring (bicyclic) bond motifs is 1. The van der Waals surface area contributed by atoms with E-state index in [-0.39, 0.29) is 5.91 Å². The Morgan fingerprint density at radius 2 is 1.96 bits per heavy atom. The largest absolute Gasteiger partial charge is 0.480 e. The lowest BCUT2D eigenvalue weighted by Gasteiger charge is -2.11. The smallest absolute Gasteiger partial charge is 0.261 e. The number of hydrogen-bond donors (Lipinski definition) is 2. The van der Waals surface area contributed by atoms with Crippen LogP contribution in [0.25, 0.3) is 0 Å². The maximum Gasteiger partial charge on any atom is 0.261 e. The predicted octanol–water partition coefficient (Wildman–Crippen LogP) is 2.06. The van der Waals surface area contributed by atoms with Crippen molar-refractivity contribution in [3.8, 4) is 5.75 Å². The summed E-state index contributed by atoms with van der Waals surface area (Å²) in [6.07, 6.45) is 0.748. The summed E-state index contributed by atoms with van der Waals surface area (Å²) in [5, 5.41) is 2.91. The number of rotatable bonds is 5. The van der Waals surface area contributed by atoms with Crippen molar-refractivity contribution in [3.05, 3.63) is 64.2 Å². The van der Waals surface area contributed by atoms with Gasteiger partial charge in [-0.15, -0.1) is 0 Å². The van der Waals surface area contributed by atoms with E-state index >= 15 is 0 Å². The number of amides is 2. The van der Waals surface area contributed by atoms with Gasteiger partial charge < -0.3 is 15.8 Å². The van der Waals surface area contributed by atoms with Gasteiger partial charge in [-0.05, 0) is 60.7 Å². The van der Waals surface area contributed by atoms with Crippen LogP contribution in [0.4, 0.5) is 0 Å². The summed E-state index contributed by atoms with van der Waals surface area (Å²) >= 11 is 0. The van der Waals surface area contributed by atoms with Gasteiger partial charge in [0.15, 0.2) is 6.10 Å². The lowest BCUT2D eigenvalue weighted by molar-refractivity contribution is -0.127. The molecule has 1 heterocycles. The highest BCUT2D eigenvalue weighted by Gasteiger charge is 2.29. The zero-order valence-electron chi connectivity index (χ0n) is 14.5. The standard InChI is InChI=1S/C20H22N2O3/c1-12-8-16-11-18(25-17(16)9-13(12)2)20(24)22-7-6-14-4-3-5-15(10-14)19(21)23/h3-5,8-10,18H,6-7,11H2,1-2H3,(H2,21,23)(H,22,24)/t18-/m0/s1. The maximum absolute atomic E-state index is 12.3. The fraction of sp³-hybridized carbons (Fsp3) is 0.300. The van der Waals surface area contributed by atoms with Gasteiger partial charge in [0.25, 0.3) is 5.91 Å². The topological polar surface area (TPSA) is 81.4 Å². The van der Waals surface area contributed by atoms with Crippen LogP contribution in [-0.4, -0.2) is 24.5 Å². The Morgan fingerprint density at radius 1 is 1.20 bits per heavy atom. The van der Waals surface area contributed by atoms with Crippen LogP contribution < -0.4 is 15.8 Å². The van der Waals surface area contributed by atoms with Gasteiger partial charge in [0, 0.05) is 18.5 Å². The van der Waals surface area contributed by atoms with Gasteiger partial charge in [-0.25, -0.2) is 0 Å². The van der Waals surface area contributed by atoms with Gasteiger partial charge in [0.2, 0.25) is 5.91 Å². The first-order chi connectivity index (χ1) is 11.9. The first kappa shape index (κ1) is 17.0. The Balaban J connectivity index is 1.54. The van der Waals surface area contributed by atoms with Crippen molar-refractivity contribution in [3.63, 3.8) is 0 Å². The van der Waals surface area contributed by atoms with Crippen LogP contribution in [0.5, 0.6) is 5.75 Å². The number of benzene rings is 2. The fourth-order valence-electron chi connectivity index (χ4n) is 2.98. The van der Waals surface area contributed by atoms with Gasteiger partial charge in [0.05, 0.1) is 0 Å². The lowest BCUT2D eigenvalue weighted by atomic mass is 10.0.